The predicted molar refractivity (Wildman–Crippen MR) is 54.2 cm³/mol. The zero-order chi connectivity index (χ0) is 10.0. The van der Waals surface area contributed by atoms with Crippen molar-refractivity contribution >= 4 is 28.6 Å². The molecule has 1 aromatic heterocycles. The third kappa shape index (κ3) is 1.90. The average Bonchev–Trinajstić information content (AvgIpc) is 2.12. The van der Waals surface area contributed by atoms with Crippen LogP contribution in [0.1, 0.15) is 16.2 Å². The molecule has 70 valence electrons. The van der Waals surface area contributed by atoms with Gasteiger partial charge in [-0.3, -0.25) is 0 Å². The second kappa shape index (κ2) is 3.91. The Morgan fingerprint density at radius 1 is 1.62 bits per heavy atom. The van der Waals surface area contributed by atoms with Gasteiger partial charge in [-0.05, 0) is 28.7 Å². The Morgan fingerprint density at radius 2 is 2.23 bits per heavy atom. The summed E-state index contributed by atoms with van der Waals surface area (Å²) in [5.41, 5.74) is 0.518. The summed E-state index contributed by atoms with van der Waals surface area (Å²) in [5.74, 6) is -0.608. The number of esters is 1. The lowest BCUT2D eigenvalue weighted by Crippen LogP contribution is -2.39. The molecule has 0 unspecified atom stereocenters. The Kier molecular flexibility index (Phi) is 3.07. The highest BCUT2D eigenvalue weighted by Crippen LogP contribution is 2.09. The minimum atomic E-state index is -0.608. The van der Waals surface area contributed by atoms with Crippen molar-refractivity contribution in [1.82, 2.24) is 0 Å². The molecule has 0 aliphatic heterocycles. The normalized spacial score (nSPS) is 9.77. The SMILES string of the molecule is COC(=O)c1c(I)ccc(C)[n+]1[O-]. The first-order valence-electron chi connectivity index (χ1n) is 3.55. The third-order valence-electron chi connectivity index (χ3n) is 1.60. The van der Waals surface area contributed by atoms with Gasteiger partial charge < -0.3 is 9.94 Å². The van der Waals surface area contributed by atoms with E-state index in [4.69, 9.17) is 0 Å². The number of hydrogen-bond donors (Lipinski definition) is 0. The number of aryl methyl sites for hydroxylation is 1. The quantitative estimate of drug-likeness (QED) is 0.336. The van der Waals surface area contributed by atoms with E-state index in [-0.39, 0.29) is 5.69 Å². The van der Waals surface area contributed by atoms with Crippen molar-refractivity contribution in [3.05, 3.63) is 32.3 Å². The molecular formula is C8H8INO3. The Bertz CT molecular complexity index is 351. The van der Waals surface area contributed by atoms with Crippen LogP contribution in [0.2, 0.25) is 0 Å². The molecule has 0 radical (unpaired) electrons. The van der Waals surface area contributed by atoms with E-state index in [0.29, 0.717) is 14.0 Å². The number of nitrogens with zero attached hydrogens (tertiary/aromatic N) is 1. The monoisotopic (exact) mass is 293 g/mol. The van der Waals surface area contributed by atoms with Gasteiger partial charge in [0.1, 0.15) is 0 Å². The van der Waals surface area contributed by atoms with Gasteiger partial charge >= 0.3 is 11.7 Å². The van der Waals surface area contributed by atoms with E-state index in [2.05, 4.69) is 4.74 Å². The van der Waals surface area contributed by atoms with Crippen molar-refractivity contribution in [1.29, 1.82) is 0 Å². The molecule has 0 bridgehead atoms. The summed E-state index contributed by atoms with van der Waals surface area (Å²) in [6.45, 7) is 1.63. The highest BCUT2D eigenvalue weighted by atomic mass is 127. The molecular weight excluding hydrogens is 285 g/mol. The highest BCUT2D eigenvalue weighted by Gasteiger charge is 2.22. The van der Waals surface area contributed by atoms with Gasteiger partial charge in [0.2, 0.25) is 0 Å². The summed E-state index contributed by atoms with van der Waals surface area (Å²) >= 11 is 1.92. The van der Waals surface area contributed by atoms with E-state index in [1.807, 2.05) is 22.6 Å². The van der Waals surface area contributed by atoms with Crippen molar-refractivity contribution in [3.8, 4) is 0 Å². The maximum Gasteiger partial charge on any atom is 0.405 e. The first kappa shape index (κ1) is 10.2. The molecule has 0 saturated carbocycles. The van der Waals surface area contributed by atoms with Gasteiger partial charge in [0.25, 0.3) is 0 Å². The molecule has 0 N–H and O–H groups in total. The van der Waals surface area contributed by atoms with E-state index in [9.17, 15) is 10.0 Å². The fourth-order valence-electron chi connectivity index (χ4n) is 0.891. The van der Waals surface area contributed by atoms with E-state index < -0.39 is 5.97 Å². The second-order valence-corrected chi connectivity index (χ2v) is 3.62. The summed E-state index contributed by atoms with van der Waals surface area (Å²) in [6, 6.07) is 3.36. The third-order valence-corrected chi connectivity index (χ3v) is 2.47. The van der Waals surface area contributed by atoms with Gasteiger partial charge in [-0.1, -0.05) is 0 Å². The molecule has 0 spiro atoms. The van der Waals surface area contributed by atoms with Gasteiger partial charge in [-0.15, -0.1) is 0 Å². The molecule has 1 rings (SSSR count). The number of pyridine rings is 1. The number of aromatic nitrogens is 1. The first-order chi connectivity index (χ1) is 6.07. The molecule has 0 atom stereocenters. The molecule has 0 saturated heterocycles. The van der Waals surface area contributed by atoms with Crippen LogP contribution in [0.5, 0.6) is 0 Å². The molecule has 0 aliphatic carbocycles. The van der Waals surface area contributed by atoms with Crippen molar-refractivity contribution in [2.45, 2.75) is 6.92 Å². The number of carbonyl (C=O) groups is 1. The standard InChI is InChI=1S/C8H8INO3/c1-5-3-4-6(9)7(10(5)12)8(11)13-2/h3-4H,1-2H3. The van der Waals surface area contributed by atoms with Gasteiger partial charge in [-0.2, -0.15) is 4.73 Å². The summed E-state index contributed by atoms with van der Waals surface area (Å²) in [4.78, 5) is 11.2. The number of hydrogen-bond acceptors (Lipinski definition) is 3. The summed E-state index contributed by atoms with van der Waals surface area (Å²) < 4.78 is 5.65. The summed E-state index contributed by atoms with van der Waals surface area (Å²) in [6.07, 6.45) is 0. The van der Waals surface area contributed by atoms with Crippen LogP contribution in [-0.4, -0.2) is 13.1 Å². The highest BCUT2D eigenvalue weighted by molar-refractivity contribution is 14.1. The van der Waals surface area contributed by atoms with Crippen molar-refractivity contribution < 1.29 is 14.3 Å². The molecule has 5 heteroatoms. The molecule has 0 aromatic carbocycles. The molecule has 4 nitrogen and oxygen atoms in total. The maximum atomic E-state index is 11.4. The van der Waals surface area contributed by atoms with Crippen LogP contribution in [0, 0.1) is 15.7 Å². The topological polar surface area (TPSA) is 53.2 Å². The number of rotatable bonds is 1. The van der Waals surface area contributed by atoms with E-state index >= 15 is 0 Å². The summed E-state index contributed by atoms with van der Waals surface area (Å²) in [7, 11) is 1.25. The van der Waals surface area contributed by atoms with Crippen LogP contribution in [-0.2, 0) is 4.74 Å². The predicted octanol–water partition coefficient (Wildman–Crippen LogP) is 1.02. The van der Waals surface area contributed by atoms with E-state index in [0.717, 1.165) is 0 Å². The van der Waals surface area contributed by atoms with Crippen LogP contribution in [0.4, 0.5) is 0 Å². The van der Waals surface area contributed by atoms with E-state index in [1.54, 1.807) is 19.1 Å². The smallest absolute Gasteiger partial charge is 0.405 e. The molecule has 1 aromatic rings. The zero-order valence-corrected chi connectivity index (χ0v) is 9.36. The van der Waals surface area contributed by atoms with Crippen LogP contribution in [0.3, 0.4) is 0 Å². The lowest BCUT2D eigenvalue weighted by Gasteiger charge is -2.06. The number of carbonyl (C=O) groups excluding carboxylic acids is 1. The number of methoxy groups -OCH3 is 1. The van der Waals surface area contributed by atoms with Crippen molar-refractivity contribution in [3.63, 3.8) is 0 Å². The fraction of sp³-hybridized carbons (Fsp3) is 0.250. The Balaban J connectivity index is 3.33. The molecule has 0 fully saturated rings. The largest absolute Gasteiger partial charge is 0.618 e. The van der Waals surface area contributed by atoms with E-state index in [1.165, 1.54) is 7.11 Å². The van der Waals surface area contributed by atoms with Crippen LogP contribution in [0.25, 0.3) is 0 Å². The van der Waals surface area contributed by atoms with Crippen molar-refractivity contribution in [2.24, 2.45) is 0 Å². The van der Waals surface area contributed by atoms with Crippen LogP contribution >= 0.6 is 22.6 Å². The van der Waals surface area contributed by atoms with Crippen molar-refractivity contribution in [2.75, 3.05) is 7.11 Å². The number of halogens is 1. The first-order valence-corrected chi connectivity index (χ1v) is 4.62. The minimum absolute atomic E-state index is 0.0445. The lowest BCUT2D eigenvalue weighted by atomic mass is 10.3. The molecule has 13 heavy (non-hydrogen) atoms. The fourth-order valence-corrected chi connectivity index (χ4v) is 1.51. The Morgan fingerprint density at radius 3 is 2.77 bits per heavy atom. The minimum Gasteiger partial charge on any atom is -0.618 e. The summed E-state index contributed by atoms with van der Waals surface area (Å²) in [5, 5.41) is 11.4. The average molecular weight is 293 g/mol. The van der Waals surface area contributed by atoms with Crippen LogP contribution in [0.15, 0.2) is 12.1 Å². The van der Waals surface area contributed by atoms with Crippen LogP contribution < -0.4 is 4.73 Å². The molecule has 0 aliphatic rings. The zero-order valence-electron chi connectivity index (χ0n) is 7.20. The van der Waals surface area contributed by atoms with Gasteiger partial charge in [0.05, 0.1) is 10.7 Å². The second-order valence-electron chi connectivity index (χ2n) is 2.46. The molecule has 0 amide bonds. The Labute approximate surface area is 89.2 Å². The molecule has 1 heterocycles. The van der Waals surface area contributed by atoms with Gasteiger partial charge in [0.15, 0.2) is 5.69 Å². The lowest BCUT2D eigenvalue weighted by molar-refractivity contribution is -0.616. The van der Waals surface area contributed by atoms with Gasteiger partial charge in [0, 0.05) is 13.0 Å². The number of ether oxygens (including phenoxy) is 1. The van der Waals surface area contributed by atoms with Gasteiger partial charge in [-0.25, -0.2) is 4.79 Å². The Hall–Kier alpha value is -0.850. The maximum absolute atomic E-state index is 11.4.